The van der Waals surface area contributed by atoms with E-state index in [1.807, 2.05) is 13.8 Å². The molecule has 0 saturated heterocycles. The molecule has 0 aliphatic rings. The standard InChI is InChI=1S/C13H22N2O2S/c1-8(2)6-18-7-11-14-13(17-15-11)12(9(3)4)10(5)16/h8-9,12H,6-7H2,1-5H3. The van der Waals surface area contributed by atoms with Gasteiger partial charge in [0, 0.05) is 0 Å². The number of thioether (sulfide) groups is 1. The Labute approximate surface area is 113 Å². The maximum Gasteiger partial charge on any atom is 0.237 e. The summed E-state index contributed by atoms with van der Waals surface area (Å²) >= 11 is 1.79. The molecule has 0 amide bonds. The molecule has 0 bridgehead atoms. The van der Waals surface area contributed by atoms with Gasteiger partial charge in [0.1, 0.15) is 5.78 Å². The smallest absolute Gasteiger partial charge is 0.237 e. The minimum absolute atomic E-state index is 0.0787. The Morgan fingerprint density at radius 3 is 2.50 bits per heavy atom. The van der Waals surface area contributed by atoms with Crippen molar-refractivity contribution in [3.63, 3.8) is 0 Å². The first-order chi connectivity index (χ1) is 8.41. The molecule has 0 radical (unpaired) electrons. The summed E-state index contributed by atoms with van der Waals surface area (Å²) in [6.45, 7) is 9.91. The number of carbonyl (C=O) groups is 1. The van der Waals surface area contributed by atoms with Crippen LogP contribution in [-0.4, -0.2) is 21.7 Å². The zero-order valence-corrected chi connectivity index (χ0v) is 12.6. The van der Waals surface area contributed by atoms with Crippen LogP contribution >= 0.6 is 11.8 Å². The van der Waals surface area contributed by atoms with E-state index >= 15 is 0 Å². The molecular weight excluding hydrogens is 248 g/mol. The van der Waals surface area contributed by atoms with Crippen LogP contribution in [0.25, 0.3) is 0 Å². The third-order valence-electron chi connectivity index (χ3n) is 2.54. The summed E-state index contributed by atoms with van der Waals surface area (Å²) in [5.41, 5.74) is 0. The highest BCUT2D eigenvalue weighted by molar-refractivity contribution is 7.98. The second kappa shape index (κ2) is 6.92. The number of nitrogens with zero attached hydrogens (tertiary/aromatic N) is 2. The van der Waals surface area contributed by atoms with Gasteiger partial charge in [-0.15, -0.1) is 0 Å². The highest BCUT2D eigenvalue weighted by Gasteiger charge is 2.26. The van der Waals surface area contributed by atoms with Crippen molar-refractivity contribution >= 4 is 17.5 Å². The number of Topliss-reactive ketones (excluding diaryl/α,β-unsaturated/α-hetero) is 1. The average molecular weight is 270 g/mol. The molecule has 1 rings (SSSR count). The summed E-state index contributed by atoms with van der Waals surface area (Å²) in [5, 5.41) is 3.94. The van der Waals surface area contributed by atoms with Gasteiger partial charge >= 0.3 is 0 Å². The second-order valence-electron chi connectivity index (χ2n) is 5.29. The molecule has 0 spiro atoms. The van der Waals surface area contributed by atoms with Crippen LogP contribution < -0.4 is 0 Å². The molecule has 102 valence electrons. The molecule has 1 unspecified atom stereocenters. The Morgan fingerprint density at radius 1 is 1.33 bits per heavy atom. The van der Waals surface area contributed by atoms with Gasteiger partial charge < -0.3 is 4.52 Å². The van der Waals surface area contributed by atoms with E-state index in [2.05, 4.69) is 24.0 Å². The van der Waals surface area contributed by atoms with Gasteiger partial charge in [-0.3, -0.25) is 4.79 Å². The molecule has 1 heterocycles. The van der Waals surface area contributed by atoms with Crippen LogP contribution in [0.2, 0.25) is 0 Å². The van der Waals surface area contributed by atoms with E-state index in [0.717, 1.165) is 11.5 Å². The molecule has 5 heteroatoms. The van der Waals surface area contributed by atoms with E-state index in [9.17, 15) is 4.79 Å². The van der Waals surface area contributed by atoms with Crippen LogP contribution in [0, 0.1) is 11.8 Å². The minimum Gasteiger partial charge on any atom is -0.339 e. The average Bonchev–Trinajstić information content (AvgIpc) is 2.64. The van der Waals surface area contributed by atoms with E-state index < -0.39 is 0 Å². The molecule has 0 aliphatic carbocycles. The monoisotopic (exact) mass is 270 g/mol. The highest BCUT2D eigenvalue weighted by atomic mass is 32.2. The van der Waals surface area contributed by atoms with Gasteiger partial charge in [-0.2, -0.15) is 16.7 Å². The van der Waals surface area contributed by atoms with Gasteiger partial charge in [0.2, 0.25) is 5.89 Å². The lowest BCUT2D eigenvalue weighted by Gasteiger charge is -2.12. The lowest BCUT2D eigenvalue weighted by molar-refractivity contribution is -0.119. The fourth-order valence-electron chi connectivity index (χ4n) is 1.77. The summed E-state index contributed by atoms with van der Waals surface area (Å²) in [5.74, 6) is 3.59. The molecule has 0 aliphatic heterocycles. The molecule has 0 fully saturated rings. The zero-order chi connectivity index (χ0) is 13.7. The fourth-order valence-corrected chi connectivity index (χ4v) is 2.66. The molecule has 0 N–H and O–H groups in total. The van der Waals surface area contributed by atoms with Gasteiger partial charge in [-0.25, -0.2) is 0 Å². The van der Waals surface area contributed by atoms with Crippen molar-refractivity contribution in [2.24, 2.45) is 11.8 Å². The zero-order valence-electron chi connectivity index (χ0n) is 11.8. The SMILES string of the molecule is CC(=O)C(c1nc(CSCC(C)C)no1)C(C)C. The first-order valence-corrected chi connectivity index (χ1v) is 7.48. The Balaban J connectivity index is 2.64. The minimum atomic E-state index is -0.277. The summed E-state index contributed by atoms with van der Waals surface area (Å²) < 4.78 is 5.21. The van der Waals surface area contributed by atoms with Gasteiger partial charge in [-0.05, 0) is 24.5 Å². The normalized spacial score (nSPS) is 13.3. The Morgan fingerprint density at radius 2 is 2.00 bits per heavy atom. The molecule has 1 atom stereocenters. The summed E-state index contributed by atoms with van der Waals surface area (Å²) in [6.07, 6.45) is 0. The summed E-state index contributed by atoms with van der Waals surface area (Å²) in [4.78, 5) is 15.9. The fraction of sp³-hybridized carbons (Fsp3) is 0.769. The van der Waals surface area contributed by atoms with Crippen LogP contribution in [0.4, 0.5) is 0 Å². The quantitative estimate of drug-likeness (QED) is 0.761. The third-order valence-corrected chi connectivity index (χ3v) is 3.90. The van der Waals surface area contributed by atoms with Gasteiger partial charge in [0.25, 0.3) is 0 Å². The molecule has 18 heavy (non-hydrogen) atoms. The molecule has 0 aromatic carbocycles. The lowest BCUT2D eigenvalue weighted by Crippen LogP contribution is -2.15. The highest BCUT2D eigenvalue weighted by Crippen LogP contribution is 2.24. The van der Waals surface area contributed by atoms with E-state index in [-0.39, 0.29) is 17.6 Å². The van der Waals surface area contributed by atoms with Gasteiger partial charge in [0.05, 0.1) is 11.7 Å². The molecule has 0 saturated carbocycles. The van der Waals surface area contributed by atoms with E-state index in [1.54, 1.807) is 18.7 Å². The number of rotatable bonds is 7. The Hall–Kier alpha value is -0.840. The number of hydrogen-bond donors (Lipinski definition) is 0. The number of aromatic nitrogens is 2. The molecule has 4 nitrogen and oxygen atoms in total. The van der Waals surface area contributed by atoms with Crippen molar-refractivity contribution in [3.05, 3.63) is 11.7 Å². The Kier molecular flexibility index (Phi) is 5.85. The largest absolute Gasteiger partial charge is 0.339 e. The van der Waals surface area contributed by atoms with E-state index in [4.69, 9.17) is 4.52 Å². The molecule has 1 aromatic heterocycles. The second-order valence-corrected chi connectivity index (χ2v) is 6.32. The lowest BCUT2D eigenvalue weighted by atomic mass is 9.92. The predicted molar refractivity (Wildman–Crippen MR) is 73.6 cm³/mol. The number of hydrogen-bond acceptors (Lipinski definition) is 5. The van der Waals surface area contributed by atoms with Crippen molar-refractivity contribution in [3.8, 4) is 0 Å². The van der Waals surface area contributed by atoms with Crippen LogP contribution in [-0.2, 0) is 10.5 Å². The third kappa shape index (κ3) is 4.44. The molecular formula is C13H22N2O2S. The maximum atomic E-state index is 11.6. The maximum absolute atomic E-state index is 11.6. The topological polar surface area (TPSA) is 56.0 Å². The number of ketones is 1. The van der Waals surface area contributed by atoms with Crippen LogP contribution in [0.15, 0.2) is 4.52 Å². The summed E-state index contributed by atoms with van der Waals surface area (Å²) in [6, 6.07) is 0. The van der Waals surface area contributed by atoms with Gasteiger partial charge in [0.15, 0.2) is 5.82 Å². The van der Waals surface area contributed by atoms with Crippen LogP contribution in [0.3, 0.4) is 0 Å². The first kappa shape index (κ1) is 15.2. The Bertz CT molecular complexity index is 388. The number of carbonyl (C=O) groups excluding carboxylic acids is 1. The molecule has 1 aromatic rings. The van der Waals surface area contributed by atoms with Gasteiger partial charge in [-0.1, -0.05) is 32.9 Å². The van der Waals surface area contributed by atoms with Crippen molar-refractivity contribution in [1.82, 2.24) is 10.1 Å². The van der Waals surface area contributed by atoms with Crippen molar-refractivity contribution in [2.45, 2.75) is 46.3 Å². The van der Waals surface area contributed by atoms with Crippen molar-refractivity contribution < 1.29 is 9.32 Å². The van der Waals surface area contributed by atoms with E-state index in [1.165, 1.54) is 0 Å². The van der Waals surface area contributed by atoms with Crippen molar-refractivity contribution in [1.29, 1.82) is 0 Å². The van der Waals surface area contributed by atoms with Crippen LogP contribution in [0.5, 0.6) is 0 Å². The van der Waals surface area contributed by atoms with Crippen molar-refractivity contribution in [2.75, 3.05) is 5.75 Å². The first-order valence-electron chi connectivity index (χ1n) is 6.32. The predicted octanol–water partition coefficient (Wildman–Crippen LogP) is 3.29. The summed E-state index contributed by atoms with van der Waals surface area (Å²) in [7, 11) is 0. The van der Waals surface area contributed by atoms with E-state index in [0.29, 0.717) is 17.6 Å². The van der Waals surface area contributed by atoms with Crippen LogP contribution in [0.1, 0.15) is 52.3 Å².